The Kier molecular flexibility index (Phi) is 2.12. The normalized spacial score (nSPS) is 40.2. The van der Waals surface area contributed by atoms with E-state index in [1.807, 2.05) is 0 Å². The fourth-order valence-electron chi connectivity index (χ4n) is 1.91. The third kappa shape index (κ3) is 1.23. The molecule has 3 nitrogen and oxygen atoms in total. The summed E-state index contributed by atoms with van der Waals surface area (Å²) in [6.07, 6.45) is 3.18. The van der Waals surface area contributed by atoms with Crippen LogP contribution in [0.2, 0.25) is 0 Å². The molecule has 1 aliphatic heterocycles. The summed E-state index contributed by atoms with van der Waals surface area (Å²) in [4.78, 5) is 10.6. The van der Waals surface area contributed by atoms with Gasteiger partial charge >= 0.3 is 0 Å². The molecule has 1 heterocycles. The molecular weight excluding hydrogens is 164 g/mol. The molecule has 1 saturated carbocycles. The number of hydrogen-bond acceptors (Lipinski definition) is 2. The van der Waals surface area contributed by atoms with E-state index in [1.165, 1.54) is 6.42 Å². The molecule has 0 bridgehead atoms. The van der Waals surface area contributed by atoms with Crippen LogP contribution in [0.25, 0.3) is 0 Å². The van der Waals surface area contributed by atoms with Gasteiger partial charge in [-0.25, -0.2) is 0 Å². The van der Waals surface area contributed by atoms with Crippen LogP contribution in [0, 0.1) is 5.92 Å². The summed E-state index contributed by atoms with van der Waals surface area (Å²) in [5, 5.41) is 3.34. The molecule has 3 N–H and O–H groups in total. The van der Waals surface area contributed by atoms with Gasteiger partial charge in [-0.3, -0.25) is 4.79 Å². The third-order valence-electron chi connectivity index (χ3n) is 2.78. The lowest BCUT2D eigenvalue weighted by Crippen LogP contribution is -2.66. The number of nitrogens with one attached hydrogen (secondary N) is 1. The van der Waals surface area contributed by atoms with Crippen molar-refractivity contribution in [2.45, 2.75) is 24.8 Å². The van der Waals surface area contributed by atoms with Crippen molar-refractivity contribution >= 4 is 18.3 Å². The lowest BCUT2D eigenvalue weighted by Gasteiger charge is -2.53. The van der Waals surface area contributed by atoms with Crippen molar-refractivity contribution in [2.24, 2.45) is 11.7 Å². The zero-order chi connectivity index (χ0) is 7.19. The first-order valence-corrected chi connectivity index (χ1v) is 3.76. The van der Waals surface area contributed by atoms with Gasteiger partial charge in [-0.2, -0.15) is 0 Å². The minimum absolute atomic E-state index is 0. The van der Waals surface area contributed by atoms with Gasteiger partial charge < -0.3 is 11.1 Å². The van der Waals surface area contributed by atoms with Gasteiger partial charge in [-0.15, -0.1) is 12.4 Å². The predicted molar refractivity (Wildman–Crippen MR) is 44.5 cm³/mol. The largest absolute Gasteiger partial charge is 0.369 e. The average molecular weight is 177 g/mol. The van der Waals surface area contributed by atoms with Gasteiger partial charge in [0.2, 0.25) is 5.91 Å². The Morgan fingerprint density at radius 1 is 1.55 bits per heavy atom. The molecule has 4 heteroatoms. The van der Waals surface area contributed by atoms with Crippen molar-refractivity contribution in [3.63, 3.8) is 0 Å². The first-order valence-electron chi connectivity index (χ1n) is 3.76. The highest BCUT2D eigenvalue weighted by Crippen LogP contribution is 2.43. The fourth-order valence-corrected chi connectivity index (χ4v) is 1.91. The zero-order valence-corrected chi connectivity index (χ0v) is 7.12. The molecule has 2 rings (SSSR count). The van der Waals surface area contributed by atoms with Crippen LogP contribution in [-0.4, -0.2) is 18.0 Å². The molecule has 0 unspecified atom stereocenters. The van der Waals surface area contributed by atoms with E-state index >= 15 is 0 Å². The molecule has 1 amide bonds. The van der Waals surface area contributed by atoms with Crippen LogP contribution in [0.15, 0.2) is 0 Å². The second-order valence-corrected chi connectivity index (χ2v) is 3.46. The Labute approximate surface area is 72.1 Å². The molecule has 0 aromatic carbocycles. The second kappa shape index (κ2) is 2.64. The molecule has 0 aromatic rings. The van der Waals surface area contributed by atoms with E-state index in [0.717, 1.165) is 19.4 Å². The predicted octanol–water partition coefficient (Wildman–Crippen LogP) is 0.0356. The number of amides is 1. The Balaban J connectivity index is 0.000000605. The topological polar surface area (TPSA) is 55.1 Å². The lowest BCUT2D eigenvalue weighted by molar-refractivity contribution is -0.128. The summed E-state index contributed by atoms with van der Waals surface area (Å²) < 4.78 is 0. The molecule has 2 fully saturated rings. The lowest BCUT2D eigenvalue weighted by atomic mass is 9.63. The van der Waals surface area contributed by atoms with E-state index in [2.05, 4.69) is 5.32 Å². The van der Waals surface area contributed by atoms with E-state index in [0.29, 0.717) is 5.54 Å². The average Bonchev–Trinajstić information content (AvgIpc) is 1.54. The summed E-state index contributed by atoms with van der Waals surface area (Å²) in [5.74, 6) is 0.0344. The first-order chi connectivity index (χ1) is 4.72. The first kappa shape index (κ1) is 8.81. The molecule has 64 valence electrons. The number of hydrogen-bond donors (Lipinski definition) is 2. The summed E-state index contributed by atoms with van der Waals surface area (Å²) in [7, 11) is 0. The Morgan fingerprint density at radius 3 is 2.36 bits per heavy atom. The van der Waals surface area contributed by atoms with Gasteiger partial charge in [-0.1, -0.05) is 0 Å². The van der Waals surface area contributed by atoms with Gasteiger partial charge in [0.15, 0.2) is 0 Å². The maximum absolute atomic E-state index is 10.6. The smallest absolute Gasteiger partial charge is 0.220 e. The number of nitrogens with two attached hydrogens (primary N) is 1. The number of carbonyl (C=O) groups excluding carboxylic acids is 1. The Hall–Kier alpha value is -0.280. The molecule has 0 aromatic heterocycles. The van der Waals surface area contributed by atoms with E-state index in [-0.39, 0.29) is 24.2 Å². The SMILES string of the molecule is Cl.NC(=O)C1CC2(CCN2)C1. The van der Waals surface area contributed by atoms with Crippen LogP contribution < -0.4 is 11.1 Å². The maximum Gasteiger partial charge on any atom is 0.220 e. The van der Waals surface area contributed by atoms with Gasteiger partial charge in [0.05, 0.1) is 0 Å². The fraction of sp³-hybridized carbons (Fsp3) is 0.857. The summed E-state index contributed by atoms with van der Waals surface area (Å²) >= 11 is 0. The van der Waals surface area contributed by atoms with Crippen LogP contribution in [0.4, 0.5) is 0 Å². The van der Waals surface area contributed by atoms with Gasteiger partial charge in [0.25, 0.3) is 0 Å². The summed E-state index contributed by atoms with van der Waals surface area (Å²) in [6.45, 7) is 1.12. The van der Waals surface area contributed by atoms with E-state index in [1.54, 1.807) is 0 Å². The molecule has 0 radical (unpaired) electrons. The maximum atomic E-state index is 10.6. The van der Waals surface area contributed by atoms with Crippen LogP contribution in [0.1, 0.15) is 19.3 Å². The van der Waals surface area contributed by atoms with E-state index in [9.17, 15) is 4.79 Å². The quantitative estimate of drug-likeness (QED) is 0.593. The third-order valence-corrected chi connectivity index (χ3v) is 2.78. The Bertz CT molecular complexity index is 171. The van der Waals surface area contributed by atoms with Crippen LogP contribution >= 0.6 is 12.4 Å². The highest BCUT2D eigenvalue weighted by atomic mass is 35.5. The second-order valence-electron chi connectivity index (χ2n) is 3.46. The van der Waals surface area contributed by atoms with Crippen molar-refractivity contribution in [1.82, 2.24) is 5.32 Å². The molecule has 0 atom stereocenters. The minimum atomic E-state index is -0.126. The molecule has 1 spiro atoms. The van der Waals surface area contributed by atoms with Crippen LogP contribution in [0.5, 0.6) is 0 Å². The van der Waals surface area contributed by atoms with Crippen molar-refractivity contribution in [3.8, 4) is 0 Å². The molecule has 2 aliphatic rings. The molecule has 1 aliphatic carbocycles. The van der Waals surface area contributed by atoms with Crippen molar-refractivity contribution < 1.29 is 4.79 Å². The van der Waals surface area contributed by atoms with Gasteiger partial charge in [0.1, 0.15) is 0 Å². The standard InChI is InChI=1S/C7H12N2O.ClH/c8-6(10)5-3-7(4-5)1-2-9-7;/h5,9H,1-4H2,(H2,8,10);1H. The Morgan fingerprint density at radius 2 is 2.09 bits per heavy atom. The number of primary amides is 1. The highest BCUT2D eigenvalue weighted by molar-refractivity contribution is 5.85. The van der Waals surface area contributed by atoms with E-state index in [4.69, 9.17) is 5.73 Å². The zero-order valence-electron chi connectivity index (χ0n) is 6.30. The summed E-state index contributed by atoms with van der Waals surface area (Å²) in [5.41, 5.74) is 5.48. The van der Waals surface area contributed by atoms with Crippen molar-refractivity contribution in [2.75, 3.05) is 6.54 Å². The van der Waals surface area contributed by atoms with Gasteiger partial charge in [-0.05, 0) is 25.8 Å². The van der Waals surface area contributed by atoms with E-state index < -0.39 is 0 Å². The van der Waals surface area contributed by atoms with Crippen molar-refractivity contribution in [1.29, 1.82) is 0 Å². The minimum Gasteiger partial charge on any atom is -0.369 e. The van der Waals surface area contributed by atoms with Crippen molar-refractivity contribution in [3.05, 3.63) is 0 Å². The molecular formula is C7H13ClN2O. The number of rotatable bonds is 1. The monoisotopic (exact) mass is 176 g/mol. The highest BCUT2D eigenvalue weighted by Gasteiger charge is 2.49. The summed E-state index contributed by atoms with van der Waals surface area (Å²) in [6, 6.07) is 0. The number of halogens is 1. The van der Waals surface area contributed by atoms with Gasteiger partial charge in [0, 0.05) is 11.5 Å². The van der Waals surface area contributed by atoms with Crippen LogP contribution in [-0.2, 0) is 4.79 Å². The molecule has 11 heavy (non-hydrogen) atoms. The molecule has 1 saturated heterocycles. The van der Waals surface area contributed by atoms with Crippen LogP contribution in [0.3, 0.4) is 0 Å². The number of carbonyl (C=O) groups is 1.